The van der Waals surface area contributed by atoms with Crippen molar-refractivity contribution in [2.75, 3.05) is 19.7 Å². The molecule has 0 bridgehead atoms. The van der Waals surface area contributed by atoms with E-state index in [1.165, 1.54) is 0 Å². The number of halogens is 1. The molecule has 0 aliphatic carbocycles. The molecular weight excluding hydrogens is 238 g/mol. The fraction of sp³-hybridized carbons (Fsp3) is 0.462. The minimum absolute atomic E-state index is 0.191. The van der Waals surface area contributed by atoms with E-state index in [-0.39, 0.29) is 5.91 Å². The lowest BCUT2D eigenvalue weighted by atomic mass is 10.3. The lowest BCUT2D eigenvalue weighted by Crippen LogP contribution is -2.28. The number of rotatable bonds is 4. The highest BCUT2D eigenvalue weighted by Gasteiger charge is 2.17. The summed E-state index contributed by atoms with van der Waals surface area (Å²) in [6, 6.07) is 7.17. The third-order valence-corrected chi connectivity index (χ3v) is 3.11. The first-order valence-electron chi connectivity index (χ1n) is 5.92. The molecule has 0 spiro atoms. The van der Waals surface area contributed by atoms with Crippen molar-refractivity contribution in [3.63, 3.8) is 0 Å². The zero-order valence-corrected chi connectivity index (χ0v) is 10.4. The Morgan fingerprint density at radius 2 is 1.88 bits per heavy atom. The second kappa shape index (κ2) is 5.92. The Morgan fingerprint density at radius 3 is 2.53 bits per heavy atom. The minimum atomic E-state index is 0.191. The van der Waals surface area contributed by atoms with Crippen LogP contribution in [0.2, 0.25) is 5.02 Å². The topological polar surface area (TPSA) is 29.5 Å². The molecule has 3 nitrogen and oxygen atoms in total. The Balaban J connectivity index is 1.72. The number of hydrogen-bond donors (Lipinski definition) is 0. The number of nitrogens with zero attached hydrogens (tertiary/aromatic N) is 1. The van der Waals surface area contributed by atoms with Gasteiger partial charge in [-0.1, -0.05) is 11.6 Å². The van der Waals surface area contributed by atoms with Gasteiger partial charge in [-0.15, -0.1) is 0 Å². The van der Waals surface area contributed by atoms with Gasteiger partial charge in [-0.3, -0.25) is 4.79 Å². The van der Waals surface area contributed by atoms with E-state index < -0.39 is 0 Å². The number of benzene rings is 1. The highest BCUT2D eigenvalue weighted by molar-refractivity contribution is 6.30. The van der Waals surface area contributed by atoms with E-state index in [0.29, 0.717) is 18.1 Å². The highest BCUT2D eigenvalue weighted by Crippen LogP contribution is 2.16. The van der Waals surface area contributed by atoms with Gasteiger partial charge in [0.1, 0.15) is 5.75 Å². The van der Waals surface area contributed by atoms with Gasteiger partial charge in [0.15, 0.2) is 0 Å². The summed E-state index contributed by atoms with van der Waals surface area (Å²) in [5.74, 6) is 0.945. The fourth-order valence-corrected chi connectivity index (χ4v) is 2.04. The summed E-state index contributed by atoms with van der Waals surface area (Å²) < 4.78 is 5.49. The Kier molecular flexibility index (Phi) is 4.26. The van der Waals surface area contributed by atoms with Gasteiger partial charge in [-0.25, -0.2) is 0 Å². The molecule has 2 rings (SSSR count). The predicted molar refractivity (Wildman–Crippen MR) is 67.4 cm³/mol. The van der Waals surface area contributed by atoms with Gasteiger partial charge in [0.2, 0.25) is 5.91 Å². The number of amides is 1. The molecule has 1 heterocycles. The summed E-state index contributed by atoms with van der Waals surface area (Å²) in [6.07, 6.45) is 2.70. The summed E-state index contributed by atoms with van der Waals surface area (Å²) in [5.41, 5.74) is 0. The number of carbonyl (C=O) groups is 1. The number of carbonyl (C=O) groups excluding carboxylic acids is 1. The quantitative estimate of drug-likeness (QED) is 0.826. The maximum atomic E-state index is 11.7. The standard InChI is InChI=1S/C13H16ClNO2/c14-11-3-5-12(6-4-11)17-10-7-13(16)15-8-1-2-9-15/h3-6H,1-2,7-10H2. The van der Waals surface area contributed by atoms with E-state index in [9.17, 15) is 4.79 Å². The molecule has 1 aliphatic rings. The van der Waals surface area contributed by atoms with Crippen LogP contribution in [0.15, 0.2) is 24.3 Å². The SMILES string of the molecule is O=C(CCOc1ccc(Cl)cc1)N1CCCC1. The van der Waals surface area contributed by atoms with Crippen LogP contribution in [0.3, 0.4) is 0 Å². The molecule has 1 saturated heterocycles. The summed E-state index contributed by atoms with van der Waals surface area (Å²) in [6.45, 7) is 2.23. The second-order valence-corrected chi connectivity index (χ2v) is 4.58. The van der Waals surface area contributed by atoms with Crippen molar-refractivity contribution in [1.29, 1.82) is 0 Å². The van der Waals surface area contributed by atoms with Gasteiger partial charge in [-0.2, -0.15) is 0 Å². The largest absolute Gasteiger partial charge is 0.493 e. The van der Waals surface area contributed by atoms with E-state index >= 15 is 0 Å². The van der Waals surface area contributed by atoms with Gasteiger partial charge in [-0.05, 0) is 37.1 Å². The average Bonchev–Trinajstić information content (AvgIpc) is 2.85. The van der Waals surface area contributed by atoms with Crippen LogP contribution in [-0.4, -0.2) is 30.5 Å². The van der Waals surface area contributed by atoms with Crippen molar-refractivity contribution in [3.8, 4) is 5.75 Å². The normalized spacial score (nSPS) is 15.0. The molecule has 0 atom stereocenters. The molecule has 1 aromatic rings. The monoisotopic (exact) mass is 253 g/mol. The smallest absolute Gasteiger partial charge is 0.225 e. The molecule has 0 saturated carbocycles. The van der Waals surface area contributed by atoms with Gasteiger partial charge >= 0.3 is 0 Å². The summed E-state index contributed by atoms with van der Waals surface area (Å²) in [4.78, 5) is 13.6. The van der Waals surface area contributed by atoms with Crippen LogP contribution in [0.4, 0.5) is 0 Å². The lowest BCUT2D eigenvalue weighted by Gasteiger charge is -2.15. The van der Waals surface area contributed by atoms with Crippen molar-refractivity contribution in [1.82, 2.24) is 4.90 Å². The van der Waals surface area contributed by atoms with E-state index in [2.05, 4.69) is 0 Å². The molecule has 0 N–H and O–H groups in total. The highest BCUT2D eigenvalue weighted by atomic mass is 35.5. The Hall–Kier alpha value is -1.22. The zero-order chi connectivity index (χ0) is 12.1. The molecule has 1 amide bonds. The van der Waals surface area contributed by atoms with Crippen molar-refractivity contribution < 1.29 is 9.53 Å². The molecule has 0 radical (unpaired) electrons. The van der Waals surface area contributed by atoms with Crippen LogP contribution >= 0.6 is 11.6 Å². The second-order valence-electron chi connectivity index (χ2n) is 4.14. The Labute approximate surface area is 106 Å². The summed E-state index contributed by atoms with van der Waals surface area (Å²) in [5, 5.41) is 0.686. The number of likely N-dealkylation sites (tertiary alicyclic amines) is 1. The van der Waals surface area contributed by atoms with Gasteiger partial charge in [0.05, 0.1) is 13.0 Å². The zero-order valence-electron chi connectivity index (χ0n) is 9.69. The molecule has 17 heavy (non-hydrogen) atoms. The van der Waals surface area contributed by atoms with Gasteiger partial charge in [0.25, 0.3) is 0 Å². The number of hydrogen-bond acceptors (Lipinski definition) is 2. The van der Waals surface area contributed by atoms with Crippen LogP contribution in [0.5, 0.6) is 5.75 Å². The summed E-state index contributed by atoms with van der Waals surface area (Å²) >= 11 is 5.77. The minimum Gasteiger partial charge on any atom is -0.493 e. The third kappa shape index (κ3) is 3.63. The molecule has 92 valence electrons. The van der Waals surface area contributed by atoms with Crippen molar-refractivity contribution in [3.05, 3.63) is 29.3 Å². The molecular formula is C13H16ClNO2. The maximum absolute atomic E-state index is 11.7. The fourth-order valence-electron chi connectivity index (χ4n) is 1.91. The summed E-state index contributed by atoms with van der Waals surface area (Å²) in [7, 11) is 0. The molecule has 1 fully saturated rings. The first-order chi connectivity index (χ1) is 8.25. The van der Waals surface area contributed by atoms with Gasteiger partial charge < -0.3 is 9.64 Å². The average molecular weight is 254 g/mol. The van der Waals surface area contributed by atoms with Crippen LogP contribution in [-0.2, 0) is 4.79 Å². The van der Waals surface area contributed by atoms with Crippen molar-refractivity contribution in [2.45, 2.75) is 19.3 Å². The van der Waals surface area contributed by atoms with E-state index in [1.807, 2.05) is 17.0 Å². The maximum Gasteiger partial charge on any atom is 0.225 e. The Bertz CT molecular complexity index is 372. The first kappa shape index (κ1) is 12.2. The van der Waals surface area contributed by atoms with Crippen molar-refractivity contribution >= 4 is 17.5 Å². The molecule has 1 aromatic carbocycles. The van der Waals surface area contributed by atoms with Gasteiger partial charge in [0, 0.05) is 18.1 Å². The first-order valence-corrected chi connectivity index (χ1v) is 6.29. The number of ether oxygens (including phenoxy) is 1. The predicted octanol–water partition coefficient (Wildman–Crippen LogP) is 2.73. The molecule has 1 aliphatic heterocycles. The molecule has 0 aromatic heterocycles. The van der Waals surface area contributed by atoms with Crippen LogP contribution < -0.4 is 4.74 Å². The van der Waals surface area contributed by atoms with E-state index in [0.717, 1.165) is 31.7 Å². The van der Waals surface area contributed by atoms with Crippen molar-refractivity contribution in [2.24, 2.45) is 0 Å². The molecule has 4 heteroatoms. The van der Waals surface area contributed by atoms with Crippen LogP contribution in [0.1, 0.15) is 19.3 Å². The van der Waals surface area contributed by atoms with E-state index in [1.54, 1.807) is 12.1 Å². The van der Waals surface area contributed by atoms with E-state index in [4.69, 9.17) is 16.3 Å². The molecule has 0 unspecified atom stereocenters. The van der Waals surface area contributed by atoms with Crippen LogP contribution in [0, 0.1) is 0 Å². The van der Waals surface area contributed by atoms with Crippen LogP contribution in [0.25, 0.3) is 0 Å². The Morgan fingerprint density at radius 1 is 1.24 bits per heavy atom. The third-order valence-electron chi connectivity index (χ3n) is 2.86. The lowest BCUT2D eigenvalue weighted by molar-refractivity contribution is -0.130.